The van der Waals surface area contributed by atoms with Crippen molar-refractivity contribution in [2.24, 2.45) is 0 Å². The van der Waals surface area contributed by atoms with Crippen molar-refractivity contribution in [3.63, 3.8) is 0 Å². The highest BCUT2D eigenvalue weighted by Gasteiger charge is 2.12. The molecule has 0 bridgehead atoms. The maximum Gasteiger partial charge on any atom is 0.331 e. The number of unbranched alkanes of at least 4 members (excludes halogenated alkanes) is 1. The Bertz CT molecular complexity index is 858. The molecule has 0 saturated carbocycles. The number of hydrogen-bond acceptors (Lipinski definition) is 5. The summed E-state index contributed by atoms with van der Waals surface area (Å²) in [5, 5.41) is 2.71. The number of esters is 1. The summed E-state index contributed by atoms with van der Waals surface area (Å²) in [6.07, 6.45) is 6.18. The fourth-order valence-electron chi connectivity index (χ4n) is 2.70. The summed E-state index contributed by atoms with van der Waals surface area (Å²) in [4.78, 5) is 23.7. The number of fused-ring (bicyclic) bond motifs is 1. The third-order valence-corrected chi connectivity index (χ3v) is 4.21. The molecule has 1 amide bonds. The monoisotopic (exact) mass is 381 g/mol. The van der Waals surface area contributed by atoms with Crippen LogP contribution in [0.25, 0.3) is 6.08 Å². The summed E-state index contributed by atoms with van der Waals surface area (Å²) in [5.41, 5.74) is 2.69. The Morgan fingerprint density at radius 1 is 1.11 bits per heavy atom. The molecule has 1 N–H and O–H groups in total. The third-order valence-electron chi connectivity index (χ3n) is 4.21. The van der Waals surface area contributed by atoms with Crippen LogP contribution in [0.2, 0.25) is 0 Å². The topological polar surface area (TPSA) is 73.9 Å². The van der Waals surface area contributed by atoms with Gasteiger partial charge in [0.2, 0.25) is 6.79 Å². The maximum atomic E-state index is 11.9. The lowest BCUT2D eigenvalue weighted by molar-refractivity contribution is -0.142. The standard InChI is InChI=1S/C22H23NO5/c1-2-3-4-16-5-9-18(10-6-16)23-21(24)14-26-22(25)12-8-17-7-11-19-20(13-17)28-15-27-19/h5-13H,2-4,14-15H2,1H3,(H,23,24)/b12-8+. The fraction of sp³-hybridized carbons (Fsp3) is 0.273. The summed E-state index contributed by atoms with van der Waals surface area (Å²) in [6, 6.07) is 13.0. The number of ether oxygens (including phenoxy) is 3. The average Bonchev–Trinajstić information content (AvgIpc) is 3.18. The molecular weight excluding hydrogens is 358 g/mol. The summed E-state index contributed by atoms with van der Waals surface area (Å²) in [7, 11) is 0. The van der Waals surface area contributed by atoms with Crippen LogP contribution in [-0.4, -0.2) is 25.3 Å². The van der Waals surface area contributed by atoms with Gasteiger partial charge in [-0.3, -0.25) is 4.79 Å². The Hall–Kier alpha value is -3.28. The molecule has 1 aliphatic heterocycles. The van der Waals surface area contributed by atoms with Crippen LogP contribution in [0.5, 0.6) is 11.5 Å². The number of rotatable bonds is 8. The molecule has 0 atom stereocenters. The van der Waals surface area contributed by atoms with Crippen molar-refractivity contribution in [2.45, 2.75) is 26.2 Å². The van der Waals surface area contributed by atoms with Gasteiger partial charge in [0.1, 0.15) is 0 Å². The van der Waals surface area contributed by atoms with Gasteiger partial charge in [-0.2, -0.15) is 0 Å². The van der Waals surface area contributed by atoms with E-state index < -0.39 is 5.97 Å². The zero-order valence-corrected chi connectivity index (χ0v) is 15.8. The average molecular weight is 381 g/mol. The molecule has 0 saturated heterocycles. The second kappa shape index (κ2) is 9.60. The Kier molecular flexibility index (Phi) is 6.68. The Morgan fingerprint density at radius 3 is 2.68 bits per heavy atom. The van der Waals surface area contributed by atoms with Crippen molar-refractivity contribution >= 4 is 23.6 Å². The second-order valence-corrected chi connectivity index (χ2v) is 6.40. The van der Waals surface area contributed by atoms with Crippen molar-refractivity contribution in [2.75, 3.05) is 18.7 Å². The molecule has 6 heteroatoms. The van der Waals surface area contributed by atoms with Crippen molar-refractivity contribution in [3.8, 4) is 11.5 Å². The summed E-state index contributed by atoms with van der Waals surface area (Å²) < 4.78 is 15.5. The van der Waals surface area contributed by atoms with Crippen LogP contribution >= 0.6 is 0 Å². The Labute approximate surface area is 164 Å². The van der Waals surface area contributed by atoms with Gasteiger partial charge < -0.3 is 19.5 Å². The summed E-state index contributed by atoms with van der Waals surface area (Å²) >= 11 is 0. The first-order valence-corrected chi connectivity index (χ1v) is 9.27. The van der Waals surface area contributed by atoms with Crippen molar-refractivity contribution in [1.82, 2.24) is 0 Å². The van der Waals surface area contributed by atoms with E-state index in [2.05, 4.69) is 12.2 Å². The van der Waals surface area contributed by atoms with Gasteiger partial charge >= 0.3 is 5.97 Å². The van der Waals surface area contributed by atoms with Gasteiger partial charge in [-0.15, -0.1) is 0 Å². The Balaban J connectivity index is 1.43. The van der Waals surface area contributed by atoms with E-state index in [9.17, 15) is 9.59 Å². The smallest absolute Gasteiger partial charge is 0.331 e. The predicted octanol–water partition coefficient (Wildman–Crippen LogP) is 3.95. The Morgan fingerprint density at radius 2 is 1.89 bits per heavy atom. The highest BCUT2D eigenvalue weighted by Crippen LogP contribution is 2.32. The van der Waals surface area contributed by atoms with Crippen LogP contribution in [0.15, 0.2) is 48.5 Å². The minimum absolute atomic E-state index is 0.196. The zero-order valence-electron chi connectivity index (χ0n) is 15.8. The molecule has 2 aromatic carbocycles. The minimum atomic E-state index is -0.595. The van der Waals surface area contributed by atoms with E-state index in [0.29, 0.717) is 17.2 Å². The van der Waals surface area contributed by atoms with Crippen molar-refractivity contribution in [3.05, 3.63) is 59.7 Å². The van der Waals surface area contributed by atoms with Gasteiger partial charge in [0.05, 0.1) is 0 Å². The molecule has 28 heavy (non-hydrogen) atoms. The van der Waals surface area contributed by atoms with Crippen LogP contribution in [0.4, 0.5) is 5.69 Å². The second-order valence-electron chi connectivity index (χ2n) is 6.40. The van der Waals surface area contributed by atoms with Gasteiger partial charge in [-0.05, 0) is 54.3 Å². The first-order chi connectivity index (χ1) is 13.6. The normalized spacial score (nSPS) is 12.2. The molecule has 1 heterocycles. The van der Waals surface area contributed by atoms with E-state index in [1.165, 1.54) is 11.6 Å². The lowest BCUT2D eigenvalue weighted by atomic mass is 10.1. The molecule has 0 unspecified atom stereocenters. The third kappa shape index (κ3) is 5.61. The van der Waals surface area contributed by atoms with Crippen LogP contribution < -0.4 is 14.8 Å². The quantitative estimate of drug-likeness (QED) is 0.554. The highest BCUT2D eigenvalue weighted by molar-refractivity contribution is 5.94. The van der Waals surface area contributed by atoms with Gasteiger partial charge in [0, 0.05) is 11.8 Å². The number of benzene rings is 2. The molecule has 0 spiro atoms. The molecule has 6 nitrogen and oxygen atoms in total. The SMILES string of the molecule is CCCCc1ccc(NC(=O)COC(=O)/C=C/c2ccc3c(c2)OCO3)cc1. The lowest BCUT2D eigenvalue weighted by Gasteiger charge is -2.06. The molecular formula is C22H23NO5. The molecule has 0 aliphatic carbocycles. The van der Waals surface area contributed by atoms with E-state index in [4.69, 9.17) is 14.2 Å². The molecule has 0 aromatic heterocycles. The minimum Gasteiger partial charge on any atom is -0.454 e. The molecule has 2 aromatic rings. The zero-order chi connectivity index (χ0) is 19.8. The highest BCUT2D eigenvalue weighted by atomic mass is 16.7. The van der Waals surface area contributed by atoms with Crippen LogP contribution in [0.3, 0.4) is 0 Å². The lowest BCUT2D eigenvalue weighted by Crippen LogP contribution is -2.20. The molecule has 0 fully saturated rings. The number of amides is 1. The number of hydrogen-bond donors (Lipinski definition) is 1. The van der Waals surface area contributed by atoms with Gasteiger partial charge in [-0.1, -0.05) is 31.5 Å². The van der Waals surface area contributed by atoms with Crippen LogP contribution in [0, 0.1) is 0 Å². The number of anilines is 1. The molecule has 3 rings (SSSR count). The van der Waals surface area contributed by atoms with E-state index in [1.807, 2.05) is 24.3 Å². The first-order valence-electron chi connectivity index (χ1n) is 9.27. The summed E-state index contributed by atoms with van der Waals surface area (Å²) in [6.45, 7) is 2.00. The van der Waals surface area contributed by atoms with Crippen LogP contribution in [0.1, 0.15) is 30.9 Å². The van der Waals surface area contributed by atoms with Crippen molar-refractivity contribution < 1.29 is 23.8 Å². The van der Waals surface area contributed by atoms with Crippen LogP contribution in [-0.2, 0) is 20.7 Å². The molecule has 146 valence electrons. The fourth-order valence-corrected chi connectivity index (χ4v) is 2.70. The van der Waals surface area contributed by atoms with E-state index in [0.717, 1.165) is 24.8 Å². The largest absolute Gasteiger partial charge is 0.454 e. The predicted molar refractivity (Wildman–Crippen MR) is 106 cm³/mol. The van der Waals surface area contributed by atoms with E-state index in [-0.39, 0.29) is 19.3 Å². The maximum absolute atomic E-state index is 11.9. The number of nitrogens with one attached hydrogen (secondary N) is 1. The molecule has 0 radical (unpaired) electrons. The van der Waals surface area contributed by atoms with Gasteiger partial charge in [0.15, 0.2) is 18.1 Å². The van der Waals surface area contributed by atoms with E-state index >= 15 is 0 Å². The number of carbonyl (C=O) groups is 2. The number of aryl methyl sites for hydroxylation is 1. The van der Waals surface area contributed by atoms with Crippen molar-refractivity contribution in [1.29, 1.82) is 0 Å². The summed E-state index contributed by atoms with van der Waals surface area (Å²) in [5.74, 6) is 0.333. The number of carbonyl (C=O) groups excluding carboxylic acids is 2. The first kappa shape index (κ1) is 19.5. The molecule has 1 aliphatic rings. The van der Waals surface area contributed by atoms with Gasteiger partial charge in [-0.25, -0.2) is 4.79 Å². The van der Waals surface area contributed by atoms with E-state index in [1.54, 1.807) is 24.3 Å². The van der Waals surface area contributed by atoms with Gasteiger partial charge in [0.25, 0.3) is 5.91 Å².